The number of nitrogens with zero attached hydrogens (tertiary/aromatic N) is 2. The van der Waals surface area contributed by atoms with Gasteiger partial charge < -0.3 is 9.15 Å². The lowest BCUT2D eigenvalue weighted by Crippen LogP contribution is -2.23. The summed E-state index contributed by atoms with van der Waals surface area (Å²) in [6, 6.07) is 8.95. The summed E-state index contributed by atoms with van der Waals surface area (Å²) in [5.41, 5.74) is 0.757. The lowest BCUT2D eigenvalue weighted by molar-refractivity contribution is -0.121. The van der Waals surface area contributed by atoms with Crippen molar-refractivity contribution < 1.29 is 13.9 Å². The van der Waals surface area contributed by atoms with Gasteiger partial charge in [0, 0.05) is 25.2 Å². The first kappa shape index (κ1) is 16.7. The van der Waals surface area contributed by atoms with E-state index in [2.05, 4.69) is 4.99 Å². The zero-order valence-corrected chi connectivity index (χ0v) is 14.9. The molecule has 0 radical (unpaired) electrons. The zero-order valence-electron chi connectivity index (χ0n) is 13.4. The molecule has 1 aromatic heterocycles. The minimum Gasteiger partial charge on any atom is -0.496 e. The van der Waals surface area contributed by atoms with Gasteiger partial charge >= 0.3 is 0 Å². The summed E-state index contributed by atoms with van der Waals surface area (Å²) in [7, 11) is 4.95. The number of ether oxygens (including phenoxy) is 1. The van der Waals surface area contributed by atoms with Gasteiger partial charge in [-0.05, 0) is 42.1 Å². The number of thioether (sulfide) groups is 1. The molecule has 5 nitrogen and oxygen atoms in total. The van der Waals surface area contributed by atoms with Crippen LogP contribution in [0, 0.1) is 0 Å². The summed E-state index contributed by atoms with van der Waals surface area (Å²) in [5.74, 6) is 1.77. The lowest BCUT2D eigenvalue weighted by atomic mass is 10.1. The lowest BCUT2D eigenvalue weighted by Gasteiger charge is -2.06. The first-order valence-corrected chi connectivity index (χ1v) is 8.31. The van der Waals surface area contributed by atoms with Gasteiger partial charge in [-0.25, -0.2) is 0 Å². The number of rotatable bonds is 3. The van der Waals surface area contributed by atoms with Gasteiger partial charge in [-0.3, -0.25) is 14.7 Å². The van der Waals surface area contributed by atoms with Crippen LogP contribution in [-0.4, -0.2) is 37.2 Å². The highest BCUT2D eigenvalue weighted by Crippen LogP contribution is 2.35. The molecular formula is C17H15ClN2O3S. The monoisotopic (exact) mass is 362 g/mol. The first-order chi connectivity index (χ1) is 11.5. The van der Waals surface area contributed by atoms with Gasteiger partial charge in [-0.2, -0.15) is 0 Å². The number of benzene rings is 1. The van der Waals surface area contributed by atoms with Crippen LogP contribution in [0.25, 0.3) is 17.4 Å². The van der Waals surface area contributed by atoms with Crippen LogP contribution in [-0.2, 0) is 4.79 Å². The van der Waals surface area contributed by atoms with Crippen molar-refractivity contribution in [3.05, 3.63) is 46.0 Å². The fourth-order valence-corrected chi connectivity index (χ4v) is 3.41. The summed E-state index contributed by atoms with van der Waals surface area (Å²) in [4.78, 5) is 18.3. The standard InChI is InChI=1S/C17H15ClN2O3S/c1-19-17-20(2)16(21)15(24-17)9-11-5-7-14(23-11)12-8-10(18)4-6-13(12)22-3/h4-9H,1-3H3/b15-9+,19-17?. The normalized spacial score (nSPS) is 18.0. The number of carbonyl (C=O) groups is 1. The highest BCUT2D eigenvalue weighted by molar-refractivity contribution is 8.18. The number of amides is 1. The van der Waals surface area contributed by atoms with E-state index in [0.717, 1.165) is 5.56 Å². The molecule has 0 aliphatic carbocycles. The third kappa shape index (κ3) is 3.07. The van der Waals surface area contributed by atoms with E-state index in [-0.39, 0.29) is 5.91 Å². The van der Waals surface area contributed by atoms with Crippen LogP contribution in [0.5, 0.6) is 5.75 Å². The maximum Gasteiger partial charge on any atom is 0.266 e. The second-order valence-corrected chi connectivity index (χ2v) is 6.47. The number of carbonyl (C=O) groups excluding carboxylic acids is 1. The van der Waals surface area contributed by atoms with E-state index < -0.39 is 0 Å². The average molecular weight is 363 g/mol. The predicted molar refractivity (Wildman–Crippen MR) is 97.4 cm³/mol. The minimum absolute atomic E-state index is 0.0983. The molecule has 24 heavy (non-hydrogen) atoms. The Morgan fingerprint density at radius 1 is 1.33 bits per heavy atom. The van der Waals surface area contributed by atoms with E-state index in [1.54, 1.807) is 51.5 Å². The Labute approximate surface area is 148 Å². The fraction of sp³-hybridized carbons (Fsp3) is 0.176. The first-order valence-electron chi connectivity index (χ1n) is 7.11. The number of hydrogen-bond acceptors (Lipinski definition) is 5. The minimum atomic E-state index is -0.0983. The van der Waals surface area contributed by atoms with Crippen molar-refractivity contribution >= 4 is 40.5 Å². The molecule has 1 fully saturated rings. The Kier molecular flexibility index (Phi) is 4.69. The van der Waals surface area contributed by atoms with Crippen molar-refractivity contribution in [2.75, 3.05) is 21.2 Å². The van der Waals surface area contributed by atoms with Crippen LogP contribution in [0.1, 0.15) is 5.76 Å². The smallest absolute Gasteiger partial charge is 0.266 e. The number of aliphatic imine (C=N–C) groups is 1. The molecule has 124 valence electrons. The van der Waals surface area contributed by atoms with Gasteiger partial charge in [0.1, 0.15) is 17.3 Å². The molecule has 1 aliphatic rings. The Bertz CT molecular complexity index is 857. The highest BCUT2D eigenvalue weighted by Gasteiger charge is 2.30. The van der Waals surface area contributed by atoms with Crippen LogP contribution in [0.4, 0.5) is 0 Å². The van der Waals surface area contributed by atoms with E-state index in [1.807, 2.05) is 6.07 Å². The van der Waals surface area contributed by atoms with Crippen LogP contribution in [0.2, 0.25) is 5.02 Å². The molecule has 1 aliphatic heterocycles. The second kappa shape index (κ2) is 6.75. The molecule has 0 N–H and O–H groups in total. The third-order valence-electron chi connectivity index (χ3n) is 3.52. The predicted octanol–water partition coefficient (Wildman–Crippen LogP) is 4.14. The van der Waals surface area contributed by atoms with E-state index in [4.69, 9.17) is 20.8 Å². The van der Waals surface area contributed by atoms with Crippen LogP contribution in [0.15, 0.2) is 44.6 Å². The highest BCUT2D eigenvalue weighted by atomic mass is 35.5. The Hall–Kier alpha value is -2.18. The van der Waals surface area contributed by atoms with Gasteiger partial charge in [0.15, 0.2) is 5.17 Å². The Morgan fingerprint density at radius 2 is 2.12 bits per heavy atom. The Morgan fingerprint density at radius 3 is 2.79 bits per heavy atom. The molecule has 0 saturated carbocycles. The quantitative estimate of drug-likeness (QED) is 0.770. The molecule has 2 heterocycles. The second-order valence-electron chi connectivity index (χ2n) is 5.03. The third-order valence-corrected chi connectivity index (χ3v) is 4.91. The van der Waals surface area contributed by atoms with Crippen molar-refractivity contribution in [2.24, 2.45) is 4.99 Å². The molecule has 1 amide bonds. The molecule has 2 aromatic rings. The van der Waals surface area contributed by atoms with Gasteiger partial charge in [0.2, 0.25) is 0 Å². The van der Waals surface area contributed by atoms with Gasteiger partial charge in [0.25, 0.3) is 5.91 Å². The van der Waals surface area contributed by atoms with Crippen molar-refractivity contribution in [3.63, 3.8) is 0 Å². The topological polar surface area (TPSA) is 55.0 Å². The molecule has 7 heteroatoms. The SMILES string of the molecule is CN=C1S/C(=C/c2ccc(-c3cc(Cl)ccc3OC)o2)C(=O)N1C. The fourth-order valence-electron chi connectivity index (χ4n) is 2.33. The van der Waals surface area contributed by atoms with E-state index in [1.165, 1.54) is 16.7 Å². The molecule has 0 spiro atoms. The maximum atomic E-state index is 12.2. The number of amidine groups is 1. The molecule has 0 unspecified atom stereocenters. The number of hydrogen-bond donors (Lipinski definition) is 0. The molecule has 3 rings (SSSR count). The van der Waals surface area contributed by atoms with Gasteiger partial charge in [0.05, 0.1) is 17.6 Å². The van der Waals surface area contributed by atoms with Gasteiger partial charge in [-0.1, -0.05) is 11.6 Å². The summed E-state index contributed by atoms with van der Waals surface area (Å²) in [6.45, 7) is 0. The summed E-state index contributed by atoms with van der Waals surface area (Å²) in [5, 5.41) is 1.25. The van der Waals surface area contributed by atoms with E-state index >= 15 is 0 Å². The summed E-state index contributed by atoms with van der Waals surface area (Å²) in [6.07, 6.45) is 1.71. The molecule has 1 aromatic carbocycles. The molecular weight excluding hydrogens is 348 g/mol. The van der Waals surface area contributed by atoms with E-state index in [0.29, 0.717) is 32.4 Å². The average Bonchev–Trinajstić information content (AvgIpc) is 3.15. The summed E-state index contributed by atoms with van der Waals surface area (Å²) < 4.78 is 11.2. The van der Waals surface area contributed by atoms with Crippen LogP contribution < -0.4 is 4.74 Å². The van der Waals surface area contributed by atoms with Gasteiger partial charge in [-0.15, -0.1) is 0 Å². The van der Waals surface area contributed by atoms with Crippen LogP contribution >= 0.6 is 23.4 Å². The molecule has 0 atom stereocenters. The maximum absolute atomic E-state index is 12.2. The van der Waals surface area contributed by atoms with Crippen molar-refractivity contribution in [1.29, 1.82) is 0 Å². The van der Waals surface area contributed by atoms with Crippen LogP contribution in [0.3, 0.4) is 0 Å². The number of furan rings is 1. The number of methoxy groups -OCH3 is 1. The molecule has 0 bridgehead atoms. The van der Waals surface area contributed by atoms with Crippen molar-refractivity contribution in [3.8, 4) is 17.1 Å². The number of halogens is 1. The van der Waals surface area contributed by atoms with E-state index in [9.17, 15) is 4.79 Å². The zero-order chi connectivity index (χ0) is 17.3. The Balaban J connectivity index is 1.94. The summed E-state index contributed by atoms with van der Waals surface area (Å²) >= 11 is 7.38. The van der Waals surface area contributed by atoms with Crippen molar-refractivity contribution in [1.82, 2.24) is 4.90 Å². The van der Waals surface area contributed by atoms with Crippen molar-refractivity contribution in [2.45, 2.75) is 0 Å². The largest absolute Gasteiger partial charge is 0.496 e. The molecule has 1 saturated heterocycles. The number of likely N-dealkylation sites (N-methyl/N-ethyl adjacent to an activating group) is 1.